The van der Waals surface area contributed by atoms with Gasteiger partial charge in [0.25, 0.3) is 0 Å². The van der Waals surface area contributed by atoms with Crippen LogP contribution in [0.1, 0.15) is 25.7 Å². The Labute approximate surface area is 90.1 Å². The second-order valence-corrected chi connectivity index (χ2v) is 3.63. The smallest absolute Gasteiger partial charge is 0.323 e. The number of ether oxygens (including phenoxy) is 2. The van der Waals surface area contributed by atoms with Crippen LogP contribution in [0, 0.1) is 12.3 Å². The van der Waals surface area contributed by atoms with Crippen molar-refractivity contribution in [2.24, 2.45) is 5.73 Å². The lowest BCUT2D eigenvalue weighted by Gasteiger charge is -2.22. The number of rotatable bonds is 4. The maximum Gasteiger partial charge on any atom is 0.323 e. The van der Waals surface area contributed by atoms with E-state index in [4.69, 9.17) is 21.6 Å². The quantitative estimate of drug-likeness (QED) is 0.541. The van der Waals surface area contributed by atoms with Crippen LogP contribution in [0.15, 0.2) is 0 Å². The molecule has 0 amide bonds. The molecule has 0 spiro atoms. The van der Waals surface area contributed by atoms with Gasteiger partial charge in [-0.3, -0.25) is 4.79 Å². The van der Waals surface area contributed by atoms with Crippen molar-refractivity contribution in [2.75, 3.05) is 13.2 Å². The average molecular weight is 211 g/mol. The van der Waals surface area contributed by atoms with Gasteiger partial charge < -0.3 is 15.2 Å². The molecule has 0 bridgehead atoms. The standard InChI is InChI=1S/C11H17NO3/c1-2-5-10(12)11(13)15-8-9-6-3-4-7-14-9/h1,9-10H,3-8,12H2. The van der Waals surface area contributed by atoms with Crippen LogP contribution in [0.5, 0.6) is 0 Å². The zero-order chi connectivity index (χ0) is 11.1. The summed E-state index contributed by atoms with van der Waals surface area (Å²) < 4.78 is 10.4. The van der Waals surface area contributed by atoms with E-state index in [1.165, 1.54) is 0 Å². The SMILES string of the molecule is C#CCC(N)C(=O)OCC1CCCCO1. The molecule has 84 valence electrons. The molecule has 2 N–H and O–H groups in total. The first-order chi connectivity index (χ1) is 7.24. The number of carbonyl (C=O) groups is 1. The minimum atomic E-state index is -0.710. The van der Waals surface area contributed by atoms with Crippen LogP contribution in [-0.4, -0.2) is 31.3 Å². The maximum absolute atomic E-state index is 11.3. The Morgan fingerprint density at radius 1 is 1.67 bits per heavy atom. The Bertz CT molecular complexity index is 241. The monoisotopic (exact) mass is 211 g/mol. The molecule has 0 radical (unpaired) electrons. The number of hydrogen-bond acceptors (Lipinski definition) is 4. The fraction of sp³-hybridized carbons (Fsp3) is 0.727. The number of terminal acetylenes is 1. The molecule has 2 unspecified atom stereocenters. The molecule has 0 aromatic heterocycles. The molecule has 1 heterocycles. The van der Waals surface area contributed by atoms with Crippen molar-refractivity contribution in [3.8, 4) is 12.3 Å². The van der Waals surface area contributed by atoms with Gasteiger partial charge in [0.1, 0.15) is 12.6 Å². The summed E-state index contributed by atoms with van der Waals surface area (Å²) in [6.07, 6.45) is 8.43. The average Bonchev–Trinajstić information content (AvgIpc) is 2.27. The van der Waals surface area contributed by atoms with E-state index >= 15 is 0 Å². The highest BCUT2D eigenvalue weighted by Crippen LogP contribution is 2.12. The number of nitrogens with two attached hydrogens (primary N) is 1. The summed E-state index contributed by atoms with van der Waals surface area (Å²) in [4.78, 5) is 11.3. The third-order valence-electron chi connectivity index (χ3n) is 2.33. The lowest BCUT2D eigenvalue weighted by molar-refractivity contribution is -0.150. The van der Waals surface area contributed by atoms with Crippen molar-refractivity contribution in [3.05, 3.63) is 0 Å². The minimum absolute atomic E-state index is 0.0285. The minimum Gasteiger partial charge on any atom is -0.462 e. The second kappa shape index (κ2) is 6.44. The summed E-state index contributed by atoms with van der Waals surface area (Å²) in [7, 11) is 0. The van der Waals surface area contributed by atoms with Gasteiger partial charge >= 0.3 is 5.97 Å². The van der Waals surface area contributed by atoms with Gasteiger partial charge in [0.05, 0.1) is 6.10 Å². The van der Waals surface area contributed by atoms with Crippen molar-refractivity contribution < 1.29 is 14.3 Å². The van der Waals surface area contributed by atoms with Gasteiger partial charge in [-0.2, -0.15) is 0 Å². The van der Waals surface area contributed by atoms with E-state index in [0.29, 0.717) is 0 Å². The van der Waals surface area contributed by atoms with E-state index in [0.717, 1.165) is 25.9 Å². The maximum atomic E-state index is 11.3. The predicted octanol–water partition coefficient (Wildman–Crippen LogP) is 0.449. The van der Waals surface area contributed by atoms with Crippen LogP contribution in [0.2, 0.25) is 0 Å². The Kier molecular flexibility index (Phi) is 5.16. The third kappa shape index (κ3) is 4.32. The molecule has 1 fully saturated rings. The zero-order valence-electron chi connectivity index (χ0n) is 8.78. The highest BCUT2D eigenvalue weighted by atomic mass is 16.6. The topological polar surface area (TPSA) is 61.6 Å². The fourth-order valence-corrected chi connectivity index (χ4v) is 1.43. The Hall–Kier alpha value is -1.05. The lowest BCUT2D eigenvalue weighted by Crippen LogP contribution is -2.35. The van der Waals surface area contributed by atoms with Crippen molar-refractivity contribution >= 4 is 5.97 Å². The molecule has 0 aliphatic carbocycles. The highest BCUT2D eigenvalue weighted by Gasteiger charge is 2.18. The van der Waals surface area contributed by atoms with Crippen LogP contribution in [0.4, 0.5) is 0 Å². The molecular formula is C11H17NO3. The largest absolute Gasteiger partial charge is 0.462 e. The van der Waals surface area contributed by atoms with E-state index in [9.17, 15) is 4.79 Å². The molecule has 0 aromatic rings. The third-order valence-corrected chi connectivity index (χ3v) is 2.33. The Morgan fingerprint density at radius 3 is 3.07 bits per heavy atom. The molecule has 0 aromatic carbocycles. The van der Waals surface area contributed by atoms with Crippen LogP contribution < -0.4 is 5.73 Å². The normalized spacial score (nSPS) is 22.8. The molecule has 1 aliphatic heterocycles. The van der Waals surface area contributed by atoms with Crippen LogP contribution in [0.3, 0.4) is 0 Å². The molecular weight excluding hydrogens is 194 g/mol. The van der Waals surface area contributed by atoms with Crippen molar-refractivity contribution in [2.45, 2.75) is 37.8 Å². The Balaban J connectivity index is 2.18. The van der Waals surface area contributed by atoms with Gasteiger partial charge in [-0.1, -0.05) is 0 Å². The fourth-order valence-electron chi connectivity index (χ4n) is 1.43. The summed E-state index contributed by atoms with van der Waals surface area (Å²) in [6, 6.07) is -0.710. The van der Waals surface area contributed by atoms with Crippen molar-refractivity contribution in [3.63, 3.8) is 0 Å². The van der Waals surface area contributed by atoms with Gasteiger partial charge in [-0.15, -0.1) is 12.3 Å². The summed E-state index contributed by atoms with van der Waals surface area (Å²) in [5.41, 5.74) is 5.49. The highest BCUT2D eigenvalue weighted by molar-refractivity contribution is 5.75. The van der Waals surface area contributed by atoms with Gasteiger partial charge in [0.2, 0.25) is 0 Å². The first-order valence-electron chi connectivity index (χ1n) is 5.21. The summed E-state index contributed by atoms with van der Waals surface area (Å²) in [6.45, 7) is 1.04. The number of carbonyl (C=O) groups excluding carboxylic acids is 1. The van der Waals surface area contributed by atoms with Gasteiger partial charge in [0, 0.05) is 13.0 Å². The molecule has 1 saturated heterocycles. The van der Waals surface area contributed by atoms with E-state index in [1.807, 2.05) is 0 Å². The molecule has 2 atom stereocenters. The van der Waals surface area contributed by atoms with E-state index in [1.54, 1.807) is 0 Å². The first-order valence-corrected chi connectivity index (χ1v) is 5.21. The molecule has 4 nitrogen and oxygen atoms in total. The van der Waals surface area contributed by atoms with Crippen LogP contribution in [-0.2, 0) is 14.3 Å². The molecule has 1 aliphatic rings. The van der Waals surface area contributed by atoms with Gasteiger partial charge in [0.15, 0.2) is 0 Å². The number of esters is 1. The van der Waals surface area contributed by atoms with Crippen molar-refractivity contribution in [1.29, 1.82) is 0 Å². The second-order valence-electron chi connectivity index (χ2n) is 3.63. The molecule has 0 saturated carbocycles. The molecule has 1 rings (SSSR count). The molecule has 4 heteroatoms. The number of hydrogen-bond donors (Lipinski definition) is 1. The first kappa shape index (κ1) is 12.0. The van der Waals surface area contributed by atoms with Gasteiger partial charge in [-0.05, 0) is 19.3 Å². The summed E-state index contributed by atoms with van der Waals surface area (Å²) >= 11 is 0. The van der Waals surface area contributed by atoms with E-state index in [2.05, 4.69) is 5.92 Å². The Morgan fingerprint density at radius 2 is 2.47 bits per heavy atom. The summed E-state index contributed by atoms with van der Waals surface area (Å²) in [5, 5.41) is 0. The van der Waals surface area contributed by atoms with Crippen LogP contribution in [0.25, 0.3) is 0 Å². The van der Waals surface area contributed by atoms with Crippen LogP contribution >= 0.6 is 0 Å². The van der Waals surface area contributed by atoms with E-state index in [-0.39, 0.29) is 19.1 Å². The van der Waals surface area contributed by atoms with Crippen molar-refractivity contribution in [1.82, 2.24) is 0 Å². The van der Waals surface area contributed by atoms with Gasteiger partial charge in [-0.25, -0.2) is 0 Å². The zero-order valence-corrected chi connectivity index (χ0v) is 8.78. The molecule has 15 heavy (non-hydrogen) atoms. The van der Waals surface area contributed by atoms with E-state index < -0.39 is 12.0 Å². The predicted molar refractivity (Wildman–Crippen MR) is 56.0 cm³/mol. The lowest BCUT2D eigenvalue weighted by atomic mass is 10.1. The summed E-state index contributed by atoms with van der Waals surface area (Å²) in [5.74, 6) is 1.89.